The van der Waals surface area contributed by atoms with Crippen molar-refractivity contribution < 1.29 is 9.12 Å². The van der Waals surface area contributed by atoms with Crippen LogP contribution in [0.1, 0.15) is 0 Å². The van der Waals surface area contributed by atoms with E-state index in [4.69, 9.17) is 0 Å². The number of rotatable bonds is 2. The van der Waals surface area contributed by atoms with Crippen molar-refractivity contribution in [2.45, 2.75) is 0 Å². The van der Waals surface area contributed by atoms with Gasteiger partial charge in [0.2, 0.25) is 0 Å². The lowest BCUT2D eigenvalue weighted by Crippen LogP contribution is -2.23. The predicted octanol–water partition coefficient (Wildman–Crippen LogP) is 3.67. The van der Waals surface area contributed by atoms with Gasteiger partial charge in [0.15, 0.2) is 12.4 Å². The summed E-state index contributed by atoms with van der Waals surface area (Å²) in [5, 5.41) is 11.3. The normalized spacial score (nSPS) is 11.0. The highest BCUT2D eigenvalue weighted by atomic mass is 19.1. The largest absolute Gasteiger partial charge is 0.619 e. The number of nitrogens with zero attached hydrogens (tertiary/aromatic N) is 2. The van der Waals surface area contributed by atoms with Crippen molar-refractivity contribution in [3.05, 3.63) is 78.1 Å². The van der Waals surface area contributed by atoms with Crippen LogP contribution in [0.25, 0.3) is 33.4 Å². The minimum absolute atomic E-state index is 0.282. The molecule has 1 aromatic carbocycles. The number of aromatic nitrogens is 3. The standard InChI is InChI=1S/C18H12FN3O/c19-14-5-3-12(4-6-14)16-17(13-7-10-22(23)11-8-13)21-15-2-1-9-20-18(15)16/h1-11,21H. The topological polar surface area (TPSA) is 55.6 Å². The zero-order chi connectivity index (χ0) is 15.8. The summed E-state index contributed by atoms with van der Waals surface area (Å²) in [6.07, 6.45) is 4.62. The van der Waals surface area contributed by atoms with Gasteiger partial charge in [0.05, 0.1) is 16.7 Å². The molecular formula is C18H12FN3O. The van der Waals surface area contributed by atoms with Crippen LogP contribution in [0.5, 0.6) is 0 Å². The van der Waals surface area contributed by atoms with Crippen LogP contribution in [-0.2, 0) is 0 Å². The summed E-state index contributed by atoms with van der Waals surface area (Å²) in [4.78, 5) is 7.80. The van der Waals surface area contributed by atoms with Gasteiger partial charge in [-0.05, 0) is 29.8 Å². The molecule has 3 aromatic heterocycles. The third-order valence-electron chi connectivity index (χ3n) is 3.78. The average molecular weight is 305 g/mol. The lowest BCUT2D eigenvalue weighted by molar-refractivity contribution is -0.605. The van der Waals surface area contributed by atoms with Crippen LogP contribution in [0.15, 0.2) is 67.1 Å². The maximum absolute atomic E-state index is 13.2. The highest BCUT2D eigenvalue weighted by molar-refractivity contribution is 6.01. The lowest BCUT2D eigenvalue weighted by atomic mass is 10.0. The molecule has 0 spiro atoms. The van der Waals surface area contributed by atoms with Gasteiger partial charge < -0.3 is 10.2 Å². The first-order valence-electron chi connectivity index (χ1n) is 7.14. The van der Waals surface area contributed by atoms with E-state index in [0.29, 0.717) is 0 Å². The number of benzene rings is 1. The van der Waals surface area contributed by atoms with E-state index in [1.165, 1.54) is 24.5 Å². The predicted molar refractivity (Wildman–Crippen MR) is 85.9 cm³/mol. The molecule has 0 bridgehead atoms. The van der Waals surface area contributed by atoms with E-state index in [1.54, 1.807) is 30.5 Å². The SMILES string of the molecule is [O-][n+]1ccc(-c2[nH]c3cccnc3c2-c2ccc(F)cc2)cc1. The molecule has 4 nitrogen and oxygen atoms in total. The van der Waals surface area contributed by atoms with Gasteiger partial charge in [-0.25, -0.2) is 4.39 Å². The molecule has 0 saturated heterocycles. The molecule has 0 aliphatic rings. The molecule has 0 aliphatic carbocycles. The molecule has 0 amide bonds. The lowest BCUT2D eigenvalue weighted by Gasteiger charge is -2.05. The molecule has 5 heteroatoms. The van der Waals surface area contributed by atoms with E-state index < -0.39 is 0 Å². The van der Waals surface area contributed by atoms with Crippen molar-refractivity contribution in [2.75, 3.05) is 0 Å². The molecule has 0 fully saturated rings. The summed E-state index contributed by atoms with van der Waals surface area (Å²) in [5.74, 6) is -0.282. The molecule has 23 heavy (non-hydrogen) atoms. The molecule has 1 N–H and O–H groups in total. The van der Waals surface area contributed by atoms with Crippen molar-refractivity contribution in [1.29, 1.82) is 0 Å². The zero-order valence-corrected chi connectivity index (χ0v) is 12.0. The molecule has 4 rings (SSSR count). The maximum Gasteiger partial charge on any atom is 0.181 e. The number of aromatic amines is 1. The Hall–Kier alpha value is -3.21. The Bertz CT molecular complexity index is 976. The van der Waals surface area contributed by atoms with Gasteiger partial charge in [-0.2, -0.15) is 4.73 Å². The number of hydrogen-bond donors (Lipinski definition) is 1. The summed E-state index contributed by atoms with van der Waals surface area (Å²) in [6.45, 7) is 0. The number of halogens is 1. The van der Waals surface area contributed by atoms with E-state index >= 15 is 0 Å². The first-order valence-corrected chi connectivity index (χ1v) is 7.14. The van der Waals surface area contributed by atoms with Crippen molar-refractivity contribution in [3.63, 3.8) is 0 Å². The maximum atomic E-state index is 13.2. The second kappa shape index (κ2) is 5.21. The van der Waals surface area contributed by atoms with Crippen molar-refractivity contribution in [1.82, 2.24) is 9.97 Å². The van der Waals surface area contributed by atoms with Gasteiger partial charge in [0.1, 0.15) is 5.82 Å². The second-order valence-corrected chi connectivity index (χ2v) is 5.23. The molecule has 0 unspecified atom stereocenters. The fourth-order valence-electron chi connectivity index (χ4n) is 2.71. The quantitative estimate of drug-likeness (QED) is 0.454. The average Bonchev–Trinajstić information content (AvgIpc) is 2.96. The van der Waals surface area contributed by atoms with Crippen LogP contribution < -0.4 is 4.73 Å². The number of nitrogens with one attached hydrogen (secondary N) is 1. The van der Waals surface area contributed by atoms with Gasteiger partial charge in [-0.1, -0.05) is 12.1 Å². The first kappa shape index (κ1) is 13.5. The van der Waals surface area contributed by atoms with Gasteiger partial charge >= 0.3 is 0 Å². The fraction of sp³-hybridized carbons (Fsp3) is 0. The van der Waals surface area contributed by atoms with Crippen molar-refractivity contribution >= 4 is 11.0 Å². The van der Waals surface area contributed by atoms with Gasteiger partial charge in [-0.15, -0.1) is 0 Å². The monoisotopic (exact) mass is 305 g/mol. The Kier molecular flexibility index (Phi) is 3.05. The van der Waals surface area contributed by atoms with Crippen LogP contribution in [0.4, 0.5) is 4.39 Å². The van der Waals surface area contributed by atoms with Gasteiger partial charge in [-0.3, -0.25) is 4.98 Å². The van der Waals surface area contributed by atoms with Crippen LogP contribution in [0, 0.1) is 11.0 Å². The van der Waals surface area contributed by atoms with Crippen molar-refractivity contribution in [3.8, 4) is 22.4 Å². The third-order valence-corrected chi connectivity index (χ3v) is 3.78. The summed E-state index contributed by atoms with van der Waals surface area (Å²) in [5.41, 5.74) is 5.18. The van der Waals surface area contributed by atoms with E-state index in [2.05, 4.69) is 9.97 Å². The summed E-state index contributed by atoms with van der Waals surface area (Å²) >= 11 is 0. The van der Waals surface area contributed by atoms with Crippen LogP contribution in [-0.4, -0.2) is 9.97 Å². The molecule has 112 valence electrons. The molecule has 0 radical (unpaired) electrons. The van der Waals surface area contributed by atoms with Crippen LogP contribution >= 0.6 is 0 Å². The van der Waals surface area contributed by atoms with Crippen molar-refractivity contribution in [2.24, 2.45) is 0 Å². The van der Waals surface area contributed by atoms with E-state index in [0.717, 1.165) is 38.1 Å². The zero-order valence-electron chi connectivity index (χ0n) is 12.0. The molecule has 0 saturated carbocycles. The minimum atomic E-state index is -0.282. The van der Waals surface area contributed by atoms with Gasteiger partial charge in [0.25, 0.3) is 0 Å². The highest BCUT2D eigenvalue weighted by Gasteiger charge is 2.16. The molecule has 0 atom stereocenters. The first-order chi connectivity index (χ1) is 11.2. The van der Waals surface area contributed by atoms with Gasteiger partial charge in [0, 0.05) is 29.5 Å². The Morgan fingerprint density at radius 3 is 2.43 bits per heavy atom. The van der Waals surface area contributed by atoms with E-state index in [9.17, 15) is 9.60 Å². The fourth-order valence-corrected chi connectivity index (χ4v) is 2.71. The second-order valence-electron chi connectivity index (χ2n) is 5.23. The van der Waals surface area contributed by atoms with Crippen LogP contribution in [0.2, 0.25) is 0 Å². The molecule has 3 heterocycles. The Morgan fingerprint density at radius 1 is 0.957 bits per heavy atom. The Morgan fingerprint density at radius 2 is 1.70 bits per heavy atom. The van der Waals surface area contributed by atoms with E-state index in [-0.39, 0.29) is 5.82 Å². The third kappa shape index (κ3) is 2.32. The minimum Gasteiger partial charge on any atom is -0.619 e. The summed E-state index contributed by atoms with van der Waals surface area (Å²) in [7, 11) is 0. The highest BCUT2D eigenvalue weighted by Crippen LogP contribution is 2.36. The number of pyridine rings is 2. The van der Waals surface area contributed by atoms with E-state index in [1.807, 2.05) is 12.1 Å². The molecular weight excluding hydrogens is 293 g/mol. The van der Waals surface area contributed by atoms with Crippen LogP contribution in [0.3, 0.4) is 0 Å². The number of H-pyrrole nitrogens is 1. The molecule has 4 aromatic rings. The number of hydrogen-bond acceptors (Lipinski definition) is 2. The Labute approximate surface area is 131 Å². The summed E-state index contributed by atoms with van der Waals surface area (Å²) in [6, 6.07) is 13.6. The number of fused-ring (bicyclic) bond motifs is 1. The summed E-state index contributed by atoms with van der Waals surface area (Å²) < 4.78 is 14.0. The smallest absolute Gasteiger partial charge is 0.181 e. The molecule has 0 aliphatic heterocycles. The Balaban J connectivity index is 2.01.